The average Bonchev–Trinajstić information content (AvgIpc) is 2.61. The van der Waals surface area contributed by atoms with Crippen LogP contribution in [0.5, 0.6) is 0 Å². The molecule has 0 N–H and O–H groups in total. The van der Waals surface area contributed by atoms with Crippen molar-refractivity contribution in [2.75, 3.05) is 13.2 Å². The summed E-state index contributed by atoms with van der Waals surface area (Å²) in [6, 6.07) is 0. The van der Waals surface area contributed by atoms with Gasteiger partial charge in [0.25, 0.3) is 0 Å². The summed E-state index contributed by atoms with van der Waals surface area (Å²) >= 11 is 1.48. The van der Waals surface area contributed by atoms with E-state index in [-0.39, 0.29) is 5.97 Å². The maximum absolute atomic E-state index is 11.5. The SMILES string of the molecule is CCCOCc1nc(C(=O)OCC)c(C)s1. The summed E-state index contributed by atoms with van der Waals surface area (Å²) in [6.45, 7) is 7.26. The van der Waals surface area contributed by atoms with Crippen molar-refractivity contribution < 1.29 is 14.3 Å². The molecule has 0 aliphatic carbocycles. The number of ether oxygens (including phenoxy) is 2. The molecule has 0 radical (unpaired) electrons. The molecule has 0 fully saturated rings. The van der Waals surface area contributed by atoms with E-state index in [2.05, 4.69) is 11.9 Å². The van der Waals surface area contributed by atoms with Crippen LogP contribution in [0.25, 0.3) is 0 Å². The van der Waals surface area contributed by atoms with Crippen molar-refractivity contribution >= 4 is 17.3 Å². The zero-order chi connectivity index (χ0) is 12.0. The predicted molar refractivity (Wildman–Crippen MR) is 62.8 cm³/mol. The Labute approximate surface area is 99.6 Å². The topological polar surface area (TPSA) is 48.4 Å². The summed E-state index contributed by atoms with van der Waals surface area (Å²) in [7, 11) is 0. The lowest BCUT2D eigenvalue weighted by atomic mass is 10.4. The Bertz CT molecular complexity index is 349. The number of carbonyl (C=O) groups is 1. The highest BCUT2D eigenvalue weighted by molar-refractivity contribution is 7.11. The molecule has 16 heavy (non-hydrogen) atoms. The van der Waals surface area contributed by atoms with Crippen molar-refractivity contribution in [3.05, 3.63) is 15.6 Å². The van der Waals surface area contributed by atoms with Gasteiger partial charge in [0.05, 0.1) is 13.2 Å². The van der Waals surface area contributed by atoms with Crippen LogP contribution in [0.4, 0.5) is 0 Å². The molecule has 0 bridgehead atoms. The Morgan fingerprint density at radius 2 is 2.19 bits per heavy atom. The monoisotopic (exact) mass is 243 g/mol. The molecule has 0 aromatic carbocycles. The third kappa shape index (κ3) is 3.57. The van der Waals surface area contributed by atoms with Crippen molar-refractivity contribution in [2.24, 2.45) is 0 Å². The summed E-state index contributed by atoms with van der Waals surface area (Å²) in [6.07, 6.45) is 0.981. The minimum absolute atomic E-state index is 0.349. The van der Waals surface area contributed by atoms with E-state index in [1.165, 1.54) is 11.3 Å². The Balaban J connectivity index is 2.62. The second-order valence-corrected chi connectivity index (χ2v) is 4.57. The van der Waals surface area contributed by atoms with Crippen LogP contribution in [0.1, 0.15) is 40.6 Å². The first kappa shape index (κ1) is 13.1. The molecule has 1 rings (SSSR count). The number of aryl methyl sites for hydroxylation is 1. The van der Waals surface area contributed by atoms with Crippen LogP contribution in [-0.4, -0.2) is 24.2 Å². The van der Waals surface area contributed by atoms with Gasteiger partial charge in [0.1, 0.15) is 5.01 Å². The first-order chi connectivity index (χ1) is 7.69. The molecule has 0 atom stereocenters. The normalized spacial score (nSPS) is 10.4. The van der Waals surface area contributed by atoms with Gasteiger partial charge in [0.2, 0.25) is 0 Å². The lowest BCUT2D eigenvalue weighted by molar-refractivity contribution is 0.0518. The van der Waals surface area contributed by atoms with Crippen molar-refractivity contribution in [1.29, 1.82) is 0 Å². The quantitative estimate of drug-likeness (QED) is 0.569. The van der Waals surface area contributed by atoms with Crippen LogP contribution >= 0.6 is 11.3 Å². The van der Waals surface area contributed by atoms with Crippen LogP contribution in [-0.2, 0) is 16.1 Å². The smallest absolute Gasteiger partial charge is 0.358 e. The number of thiazole rings is 1. The number of rotatable bonds is 6. The Hall–Kier alpha value is -0.940. The molecule has 4 nitrogen and oxygen atoms in total. The zero-order valence-corrected chi connectivity index (χ0v) is 10.7. The highest BCUT2D eigenvalue weighted by Crippen LogP contribution is 2.19. The fourth-order valence-corrected chi connectivity index (χ4v) is 2.06. The molecule has 0 saturated carbocycles. The highest BCUT2D eigenvalue weighted by atomic mass is 32.1. The molecule has 0 saturated heterocycles. The molecule has 1 heterocycles. The minimum Gasteiger partial charge on any atom is -0.461 e. The van der Waals surface area contributed by atoms with E-state index in [0.717, 1.165) is 16.3 Å². The number of hydrogen-bond acceptors (Lipinski definition) is 5. The molecular formula is C11H17NO3S. The molecule has 0 spiro atoms. The first-order valence-electron chi connectivity index (χ1n) is 5.40. The number of carbonyl (C=O) groups excluding carboxylic acids is 1. The van der Waals surface area contributed by atoms with Crippen molar-refractivity contribution in [2.45, 2.75) is 33.8 Å². The van der Waals surface area contributed by atoms with Crippen LogP contribution in [0.15, 0.2) is 0 Å². The number of hydrogen-bond donors (Lipinski definition) is 0. The summed E-state index contributed by atoms with van der Waals surface area (Å²) in [5, 5.41) is 0.828. The average molecular weight is 243 g/mol. The number of nitrogens with zero attached hydrogens (tertiary/aromatic N) is 1. The minimum atomic E-state index is -0.349. The molecule has 5 heteroatoms. The lowest BCUT2D eigenvalue weighted by Gasteiger charge is -1.98. The van der Waals surface area contributed by atoms with E-state index < -0.39 is 0 Å². The van der Waals surface area contributed by atoms with Gasteiger partial charge >= 0.3 is 5.97 Å². The molecule has 1 aromatic rings. The lowest BCUT2D eigenvalue weighted by Crippen LogP contribution is -2.06. The Morgan fingerprint density at radius 1 is 1.44 bits per heavy atom. The number of aromatic nitrogens is 1. The Morgan fingerprint density at radius 3 is 2.81 bits per heavy atom. The van der Waals surface area contributed by atoms with Gasteiger partial charge in [0.15, 0.2) is 5.69 Å². The van der Waals surface area contributed by atoms with E-state index in [0.29, 0.717) is 25.5 Å². The van der Waals surface area contributed by atoms with Crippen molar-refractivity contribution in [1.82, 2.24) is 4.98 Å². The van der Waals surface area contributed by atoms with Crippen molar-refractivity contribution in [3.63, 3.8) is 0 Å². The summed E-state index contributed by atoms with van der Waals surface area (Å²) < 4.78 is 10.3. The van der Waals surface area contributed by atoms with Gasteiger partial charge in [-0.05, 0) is 20.3 Å². The van der Waals surface area contributed by atoms with Crippen LogP contribution in [0.2, 0.25) is 0 Å². The maximum Gasteiger partial charge on any atom is 0.358 e. The van der Waals surface area contributed by atoms with E-state index in [1.807, 2.05) is 6.92 Å². The maximum atomic E-state index is 11.5. The van der Waals surface area contributed by atoms with Gasteiger partial charge in [-0.2, -0.15) is 0 Å². The molecule has 1 aromatic heterocycles. The van der Waals surface area contributed by atoms with Gasteiger partial charge in [-0.1, -0.05) is 6.92 Å². The fourth-order valence-electron chi connectivity index (χ4n) is 1.21. The predicted octanol–water partition coefficient (Wildman–Crippen LogP) is 2.55. The zero-order valence-electron chi connectivity index (χ0n) is 9.91. The summed E-state index contributed by atoms with van der Waals surface area (Å²) in [5.74, 6) is -0.349. The van der Waals surface area contributed by atoms with Crippen molar-refractivity contribution in [3.8, 4) is 0 Å². The second kappa shape index (κ2) is 6.60. The third-order valence-corrected chi connectivity index (χ3v) is 2.83. The molecule has 0 amide bonds. The van der Waals surface area contributed by atoms with E-state index in [9.17, 15) is 4.79 Å². The number of esters is 1. The molecular weight excluding hydrogens is 226 g/mol. The van der Waals surface area contributed by atoms with Crippen LogP contribution in [0, 0.1) is 6.92 Å². The first-order valence-corrected chi connectivity index (χ1v) is 6.21. The van der Waals surface area contributed by atoms with Gasteiger partial charge in [-0.3, -0.25) is 0 Å². The molecule has 0 aliphatic rings. The molecule has 90 valence electrons. The van der Waals surface area contributed by atoms with Crippen LogP contribution < -0.4 is 0 Å². The molecule has 0 aliphatic heterocycles. The van der Waals surface area contributed by atoms with Gasteiger partial charge in [-0.25, -0.2) is 9.78 Å². The highest BCUT2D eigenvalue weighted by Gasteiger charge is 2.16. The standard InChI is InChI=1S/C11H17NO3S/c1-4-6-14-7-9-12-10(8(3)16-9)11(13)15-5-2/h4-7H2,1-3H3. The summed E-state index contributed by atoms with van der Waals surface area (Å²) in [4.78, 5) is 16.6. The van der Waals surface area contributed by atoms with E-state index in [4.69, 9.17) is 9.47 Å². The Kier molecular flexibility index (Phi) is 5.42. The van der Waals surface area contributed by atoms with E-state index in [1.54, 1.807) is 6.92 Å². The largest absolute Gasteiger partial charge is 0.461 e. The van der Waals surface area contributed by atoms with E-state index >= 15 is 0 Å². The third-order valence-electron chi connectivity index (χ3n) is 1.88. The van der Waals surface area contributed by atoms with Gasteiger partial charge in [0, 0.05) is 11.5 Å². The summed E-state index contributed by atoms with van der Waals surface area (Å²) in [5.41, 5.74) is 0.418. The molecule has 0 unspecified atom stereocenters. The fraction of sp³-hybridized carbons (Fsp3) is 0.636. The van der Waals surface area contributed by atoms with Gasteiger partial charge < -0.3 is 9.47 Å². The van der Waals surface area contributed by atoms with Crippen LogP contribution in [0.3, 0.4) is 0 Å². The second-order valence-electron chi connectivity index (χ2n) is 3.29. The van der Waals surface area contributed by atoms with Gasteiger partial charge in [-0.15, -0.1) is 11.3 Å².